The molecular weight excluding hydrogens is 425 g/mol. The van der Waals surface area contributed by atoms with E-state index in [1.165, 1.54) is 12.1 Å². The zero-order valence-corrected chi connectivity index (χ0v) is 15.6. The van der Waals surface area contributed by atoms with Gasteiger partial charge in [-0.1, -0.05) is 21.1 Å². The summed E-state index contributed by atoms with van der Waals surface area (Å²) in [5.74, 6) is -0.934. The lowest BCUT2D eigenvalue weighted by molar-refractivity contribution is -0.131. The Morgan fingerprint density at radius 2 is 2.19 bits per heavy atom. The third kappa shape index (κ3) is 4.52. The van der Waals surface area contributed by atoms with Gasteiger partial charge in [0.25, 0.3) is 5.91 Å². The minimum Gasteiger partial charge on any atom is -0.382 e. The van der Waals surface area contributed by atoms with Crippen LogP contribution in [0.4, 0.5) is 10.1 Å². The molecule has 26 heavy (non-hydrogen) atoms. The molecule has 1 aliphatic rings. The maximum absolute atomic E-state index is 13.8. The van der Waals surface area contributed by atoms with Crippen molar-refractivity contribution < 1.29 is 14.0 Å². The molecule has 2 aromatic rings. The zero-order valence-electron chi connectivity index (χ0n) is 13.2. The molecule has 1 aliphatic heterocycles. The highest BCUT2D eigenvalue weighted by molar-refractivity contribution is 9.10. The standard InChI is InChI=1S/C16H13BrFN5O2S/c17-10-3-4-12(11(18)6-10)20-16(26)22-21-15(24)14-7-13(23-25-14)9-2-1-5-19-8-9/h1-6,8,14H,7H2,(H,21,24)(H2,20,22,26)/t14-/m1/s1. The Kier molecular flexibility index (Phi) is 5.74. The maximum atomic E-state index is 13.8. The smallest absolute Gasteiger partial charge is 0.282 e. The van der Waals surface area contributed by atoms with Crippen LogP contribution >= 0.6 is 28.1 Å². The summed E-state index contributed by atoms with van der Waals surface area (Å²) in [6.45, 7) is 0. The van der Waals surface area contributed by atoms with Gasteiger partial charge in [0.15, 0.2) is 5.11 Å². The number of carbonyl (C=O) groups excluding carboxylic acids is 1. The molecular formula is C16H13BrFN5O2S. The Hall–Kier alpha value is -2.59. The van der Waals surface area contributed by atoms with E-state index in [0.29, 0.717) is 16.6 Å². The Morgan fingerprint density at radius 3 is 2.92 bits per heavy atom. The number of oxime groups is 1. The third-order valence-electron chi connectivity index (χ3n) is 3.43. The van der Waals surface area contributed by atoms with E-state index >= 15 is 0 Å². The van der Waals surface area contributed by atoms with Crippen molar-refractivity contribution >= 4 is 50.6 Å². The molecule has 1 atom stereocenters. The van der Waals surface area contributed by atoms with E-state index in [1.54, 1.807) is 24.5 Å². The van der Waals surface area contributed by atoms with E-state index in [2.05, 4.69) is 42.2 Å². The van der Waals surface area contributed by atoms with Crippen molar-refractivity contribution in [2.24, 2.45) is 5.16 Å². The number of anilines is 1. The van der Waals surface area contributed by atoms with E-state index < -0.39 is 17.8 Å². The van der Waals surface area contributed by atoms with Crippen molar-refractivity contribution in [2.45, 2.75) is 12.5 Å². The van der Waals surface area contributed by atoms with Crippen molar-refractivity contribution in [3.8, 4) is 0 Å². The molecule has 3 N–H and O–H groups in total. The summed E-state index contributed by atoms with van der Waals surface area (Å²) in [4.78, 5) is 21.3. The Morgan fingerprint density at radius 1 is 1.35 bits per heavy atom. The first-order valence-electron chi connectivity index (χ1n) is 7.48. The first-order chi connectivity index (χ1) is 12.5. The molecule has 0 aliphatic carbocycles. The van der Waals surface area contributed by atoms with Gasteiger partial charge in [0, 0.05) is 28.9 Å². The predicted molar refractivity (Wildman–Crippen MR) is 102 cm³/mol. The SMILES string of the molecule is O=C(NNC(=S)Nc1ccc(Br)cc1F)[C@H]1CC(c2cccnc2)=NO1. The number of pyridine rings is 1. The summed E-state index contributed by atoms with van der Waals surface area (Å²) in [6.07, 6.45) is 2.81. The summed E-state index contributed by atoms with van der Waals surface area (Å²) >= 11 is 8.20. The summed E-state index contributed by atoms with van der Waals surface area (Å²) in [5, 5.41) is 6.59. The fourth-order valence-electron chi connectivity index (χ4n) is 2.17. The molecule has 0 radical (unpaired) electrons. The predicted octanol–water partition coefficient (Wildman–Crippen LogP) is 2.49. The second-order valence-electron chi connectivity index (χ2n) is 5.27. The van der Waals surface area contributed by atoms with Crippen LogP contribution in [0.1, 0.15) is 12.0 Å². The van der Waals surface area contributed by atoms with Crippen molar-refractivity contribution in [1.82, 2.24) is 15.8 Å². The average molecular weight is 438 g/mol. The molecule has 1 aromatic carbocycles. The molecule has 0 unspecified atom stereocenters. The first-order valence-corrected chi connectivity index (χ1v) is 8.68. The lowest BCUT2D eigenvalue weighted by Crippen LogP contribution is -2.48. The number of halogens is 2. The number of nitrogens with zero attached hydrogens (tertiary/aromatic N) is 2. The second-order valence-corrected chi connectivity index (χ2v) is 6.59. The molecule has 0 spiro atoms. The van der Waals surface area contributed by atoms with Gasteiger partial charge >= 0.3 is 0 Å². The van der Waals surface area contributed by atoms with Crippen LogP contribution in [0.3, 0.4) is 0 Å². The second kappa shape index (κ2) is 8.19. The van der Waals surface area contributed by atoms with E-state index in [-0.39, 0.29) is 10.8 Å². The fraction of sp³-hybridized carbons (Fsp3) is 0.125. The highest BCUT2D eigenvalue weighted by Crippen LogP contribution is 2.19. The molecule has 0 bridgehead atoms. The number of nitrogens with one attached hydrogen (secondary N) is 3. The molecule has 10 heteroatoms. The van der Waals surface area contributed by atoms with Crippen LogP contribution < -0.4 is 16.2 Å². The molecule has 134 valence electrons. The zero-order chi connectivity index (χ0) is 18.5. The molecule has 1 aromatic heterocycles. The molecule has 0 saturated carbocycles. The van der Waals surface area contributed by atoms with Crippen molar-refractivity contribution in [2.75, 3.05) is 5.32 Å². The van der Waals surface area contributed by atoms with Crippen molar-refractivity contribution in [3.05, 3.63) is 58.6 Å². The van der Waals surface area contributed by atoms with E-state index in [9.17, 15) is 9.18 Å². The van der Waals surface area contributed by atoms with Gasteiger partial charge in [0.1, 0.15) is 5.82 Å². The van der Waals surface area contributed by atoms with E-state index in [1.807, 2.05) is 6.07 Å². The lowest BCUT2D eigenvalue weighted by Gasteiger charge is -2.14. The van der Waals surface area contributed by atoms with Gasteiger partial charge in [0.05, 0.1) is 11.4 Å². The van der Waals surface area contributed by atoms with Gasteiger partial charge in [-0.3, -0.25) is 20.6 Å². The topological polar surface area (TPSA) is 87.6 Å². The van der Waals surface area contributed by atoms with Crippen molar-refractivity contribution in [1.29, 1.82) is 0 Å². The van der Waals surface area contributed by atoms with Gasteiger partial charge < -0.3 is 10.2 Å². The number of hydrogen-bond donors (Lipinski definition) is 3. The quantitative estimate of drug-likeness (QED) is 0.505. The highest BCUT2D eigenvalue weighted by Gasteiger charge is 2.29. The summed E-state index contributed by atoms with van der Waals surface area (Å²) in [7, 11) is 0. The van der Waals surface area contributed by atoms with Gasteiger partial charge in [-0.25, -0.2) is 4.39 Å². The monoisotopic (exact) mass is 437 g/mol. The molecule has 2 heterocycles. The minimum atomic E-state index is -0.787. The largest absolute Gasteiger partial charge is 0.382 e. The van der Waals surface area contributed by atoms with E-state index in [0.717, 1.165) is 5.56 Å². The van der Waals surface area contributed by atoms with Crippen LogP contribution in [-0.2, 0) is 9.63 Å². The van der Waals surface area contributed by atoms with Crippen LogP contribution in [0, 0.1) is 5.82 Å². The minimum absolute atomic E-state index is 0.0333. The van der Waals surface area contributed by atoms with Crippen molar-refractivity contribution in [3.63, 3.8) is 0 Å². The number of rotatable bonds is 3. The van der Waals surface area contributed by atoms with Crippen LogP contribution in [0.2, 0.25) is 0 Å². The van der Waals surface area contributed by atoms with Gasteiger partial charge in [-0.05, 0) is 42.5 Å². The number of benzene rings is 1. The Balaban J connectivity index is 1.48. The molecule has 1 amide bonds. The van der Waals surface area contributed by atoms with Gasteiger partial charge in [0.2, 0.25) is 6.10 Å². The van der Waals surface area contributed by atoms with Gasteiger partial charge in [-0.15, -0.1) is 0 Å². The number of hydrogen-bond acceptors (Lipinski definition) is 5. The number of amides is 1. The molecule has 7 nitrogen and oxygen atoms in total. The van der Waals surface area contributed by atoms with Crippen LogP contribution in [0.15, 0.2) is 52.4 Å². The normalized spacial score (nSPS) is 15.6. The Bertz CT molecular complexity index is 865. The molecule has 0 saturated heterocycles. The first kappa shape index (κ1) is 18.2. The number of thiocarbonyl (C=S) groups is 1. The molecule has 0 fully saturated rings. The Labute approximate surface area is 162 Å². The maximum Gasteiger partial charge on any atom is 0.282 e. The fourth-order valence-corrected chi connectivity index (χ4v) is 2.66. The number of hydrazine groups is 1. The summed E-state index contributed by atoms with van der Waals surface area (Å²) in [5.41, 5.74) is 6.52. The summed E-state index contributed by atoms with van der Waals surface area (Å²) in [6, 6.07) is 8.09. The third-order valence-corrected chi connectivity index (χ3v) is 4.13. The average Bonchev–Trinajstić information content (AvgIpc) is 3.13. The van der Waals surface area contributed by atoms with E-state index in [4.69, 9.17) is 17.1 Å². The lowest BCUT2D eigenvalue weighted by atomic mass is 10.1. The van der Waals surface area contributed by atoms with Crippen LogP contribution in [-0.4, -0.2) is 27.8 Å². The molecule has 3 rings (SSSR count). The highest BCUT2D eigenvalue weighted by atomic mass is 79.9. The van der Waals surface area contributed by atoms with Gasteiger partial charge in [-0.2, -0.15) is 0 Å². The number of carbonyl (C=O) groups is 1. The summed E-state index contributed by atoms with van der Waals surface area (Å²) < 4.78 is 14.4. The van der Waals surface area contributed by atoms with Crippen LogP contribution in [0.25, 0.3) is 0 Å². The number of aromatic nitrogens is 1. The van der Waals surface area contributed by atoms with Crippen LogP contribution in [0.5, 0.6) is 0 Å².